The molecule has 0 aliphatic heterocycles. The van der Waals surface area contributed by atoms with Crippen LogP contribution in [0.2, 0.25) is 5.15 Å². The molecule has 0 fully saturated rings. The van der Waals surface area contributed by atoms with E-state index in [1.165, 1.54) is 24.5 Å². The third-order valence-electron chi connectivity index (χ3n) is 3.56. The molecular formula is C17H14ClN3O3S. The molecule has 128 valence electrons. The van der Waals surface area contributed by atoms with Gasteiger partial charge < -0.3 is 10.1 Å². The smallest absolute Gasteiger partial charge is 0.337 e. The maximum absolute atomic E-state index is 12.2. The van der Waals surface area contributed by atoms with Crippen LogP contribution in [0.15, 0.2) is 35.9 Å². The van der Waals surface area contributed by atoms with Gasteiger partial charge >= 0.3 is 5.97 Å². The fourth-order valence-corrected chi connectivity index (χ4v) is 3.26. The maximum Gasteiger partial charge on any atom is 0.337 e. The average Bonchev–Trinajstić information content (AvgIpc) is 3.15. The number of hydrogen-bond donors (Lipinski definition) is 1. The normalized spacial score (nSPS) is 11.2. The van der Waals surface area contributed by atoms with Gasteiger partial charge in [-0.1, -0.05) is 17.7 Å². The highest BCUT2D eigenvalue weighted by Gasteiger charge is 2.11. The number of hydrogen-bond acceptors (Lipinski definition) is 5. The Morgan fingerprint density at radius 2 is 2.20 bits per heavy atom. The summed E-state index contributed by atoms with van der Waals surface area (Å²) in [5.41, 5.74) is 2.37. The minimum absolute atomic E-state index is 0.333. The van der Waals surface area contributed by atoms with E-state index in [0.29, 0.717) is 22.1 Å². The Bertz CT molecular complexity index is 990. The van der Waals surface area contributed by atoms with E-state index in [2.05, 4.69) is 15.0 Å². The lowest BCUT2D eigenvalue weighted by atomic mass is 10.1. The summed E-state index contributed by atoms with van der Waals surface area (Å²) in [7, 11) is 1.31. The van der Waals surface area contributed by atoms with Crippen molar-refractivity contribution in [2.75, 3.05) is 12.4 Å². The van der Waals surface area contributed by atoms with Crippen molar-refractivity contribution in [1.82, 2.24) is 9.38 Å². The highest BCUT2D eigenvalue weighted by atomic mass is 35.5. The molecule has 0 unspecified atom stereocenters. The zero-order valence-electron chi connectivity index (χ0n) is 13.4. The number of carbonyl (C=O) groups is 2. The number of rotatable bonds is 4. The number of aromatic nitrogens is 2. The highest BCUT2D eigenvalue weighted by molar-refractivity contribution is 7.15. The second kappa shape index (κ2) is 7.08. The molecular weight excluding hydrogens is 362 g/mol. The molecule has 25 heavy (non-hydrogen) atoms. The third kappa shape index (κ3) is 3.57. The molecule has 0 bridgehead atoms. The number of methoxy groups -OCH3 is 1. The van der Waals surface area contributed by atoms with Gasteiger partial charge in [0.25, 0.3) is 0 Å². The highest BCUT2D eigenvalue weighted by Crippen LogP contribution is 2.22. The molecule has 3 aromatic rings. The second-order valence-electron chi connectivity index (χ2n) is 5.19. The van der Waals surface area contributed by atoms with Crippen LogP contribution in [0.1, 0.15) is 21.6 Å². The first-order valence-corrected chi connectivity index (χ1v) is 8.54. The molecule has 0 saturated carbocycles. The van der Waals surface area contributed by atoms with Crippen molar-refractivity contribution in [3.63, 3.8) is 0 Å². The van der Waals surface area contributed by atoms with Crippen LogP contribution in [0.3, 0.4) is 0 Å². The number of anilines is 1. The number of thiazole rings is 1. The van der Waals surface area contributed by atoms with Gasteiger partial charge in [-0.2, -0.15) is 0 Å². The van der Waals surface area contributed by atoms with Crippen LogP contribution in [-0.4, -0.2) is 28.4 Å². The monoisotopic (exact) mass is 375 g/mol. The lowest BCUT2D eigenvalue weighted by molar-refractivity contribution is -0.111. The van der Waals surface area contributed by atoms with Crippen LogP contribution < -0.4 is 5.32 Å². The van der Waals surface area contributed by atoms with Crippen molar-refractivity contribution < 1.29 is 14.3 Å². The zero-order valence-corrected chi connectivity index (χ0v) is 15.0. The van der Waals surface area contributed by atoms with E-state index >= 15 is 0 Å². The number of fused-ring (bicyclic) bond motifs is 1. The number of halogens is 1. The third-order valence-corrected chi connectivity index (χ3v) is 4.60. The molecule has 0 radical (unpaired) electrons. The summed E-state index contributed by atoms with van der Waals surface area (Å²) in [6.07, 6.45) is 4.81. The van der Waals surface area contributed by atoms with E-state index < -0.39 is 5.97 Å². The van der Waals surface area contributed by atoms with E-state index in [9.17, 15) is 9.59 Å². The number of nitrogens with zero attached hydrogens (tertiary/aromatic N) is 2. The van der Waals surface area contributed by atoms with Crippen molar-refractivity contribution in [2.24, 2.45) is 0 Å². The van der Waals surface area contributed by atoms with Crippen LogP contribution in [-0.2, 0) is 9.53 Å². The molecule has 6 nitrogen and oxygen atoms in total. The Labute approximate surface area is 152 Å². The van der Waals surface area contributed by atoms with Crippen LogP contribution >= 0.6 is 22.9 Å². The minimum Gasteiger partial charge on any atom is -0.465 e. The van der Waals surface area contributed by atoms with Gasteiger partial charge in [-0.15, -0.1) is 11.3 Å². The molecule has 0 aliphatic rings. The van der Waals surface area contributed by atoms with Gasteiger partial charge in [0.15, 0.2) is 10.1 Å². The molecule has 1 N–H and O–H groups in total. The molecule has 0 aliphatic carbocycles. The van der Waals surface area contributed by atoms with Crippen LogP contribution in [0.25, 0.3) is 11.0 Å². The molecule has 0 atom stereocenters. The predicted molar refractivity (Wildman–Crippen MR) is 98.3 cm³/mol. The molecule has 1 amide bonds. The van der Waals surface area contributed by atoms with E-state index in [4.69, 9.17) is 11.6 Å². The lowest BCUT2D eigenvalue weighted by Gasteiger charge is -2.08. The van der Waals surface area contributed by atoms with Gasteiger partial charge in [0.1, 0.15) is 0 Å². The summed E-state index contributed by atoms with van der Waals surface area (Å²) >= 11 is 7.55. The first kappa shape index (κ1) is 17.2. The Morgan fingerprint density at radius 1 is 1.40 bits per heavy atom. The second-order valence-corrected chi connectivity index (χ2v) is 6.42. The average molecular weight is 376 g/mol. The van der Waals surface area contributed by atoms with Gasteiger partial charge in [-0.05, 0) is 30.7 Å². The van der Waals surface area contributed by atoms with Gasteiger partial charge in [0.05, 0.1) is 18.4 Å². The molecule has 8 heteroatoms. The molecule has 0 spiro atoms. The zero-order chi connectivity index (χ0) is 18.0. The van der Waals surface area contributed by atoms with E-state index in [0.717, 1.165) is 10.5 Å². The Morgan fingerprint density at radius 3 is 2.96 bits per heavy atom. The minimum atomic E-state index is -0.461. The molecule has 2 aromatic heterocycles. The molecule has 1 aromatic carbocycles. The van der Waals surface area contributed by atoms with Gasteiger partial charge in [-0.25, -0.2) is 9.78 Å². The first-order chi connectivity index (χ1) is 12.0. The number of nitrogens with one attached hydrogen (secondary N) is 1. The number of amides is 1. The fraction of sp³-hybridized carbons (Fsp3) is 0.118. The molecule has 2 heterocycles. The quantitative estimate of drug-likeness (QED) is 0.556. The molecule has 0 saturated heterocycles. The van der Waals surface area contributed by atoms with Crippen molar-refractivity contribution in [3.8, 4) is 0 Å². The van der Waals surface area contributed by atoms with Gasteiger partial charge in [0.2, 0.25) is 5.91 Å². The fourth-order valence-electron chi connectivity index (χ4n) is 2.26. The SMILES string of the molecule is COC(=O)c1ccc(C)c(NC(=O)/C=C/c2c(Cl)nc3sccn23)c1. The standard InChI is InChI=1S/C17H14ClN3O3S/c1-10-3-4-11(16(23)24-2)9-12(10)19-14(22)6-5-13-15(18)20-17-21(13)7-8-25-17/h3-9H,1-2H3,(H,19,22)/b6-5+. The summed E-state index contributed by atoms with van der Waals surface area (Å²) in [5.74, 6) is -0.803. The number of imidazole rings is 1. The number of benzene rings is 1. The van der Waals surface area contributed by atoms with E-state index in [-0.39, 0.29) is 5.91 Å². The summed E-state index contributed by atoms with van der Waals surface area (Å²) < 4.78 is 6.50. The van der Waals surface area contributed by atoms with E-state index in [1.807, 2.05) is 18.5 Å². The number of aryl methyl sites for hydroxylation is 1. The van der Waals surface area contributed by atoms with E-state index in [1.54, 1.807) is 28.7 Å². The first-order valence-electron chi connectivity index (χ1n) is 7.28. The van der Waals surface area contributed by atoms with Crippen molar-refractivity contribution >= 4 is 51.5 Å². The Balaban J connectivity index is 1.80. The molecule has 3 rings (SSSR count). The van der Waals surface area contributed by atoms with Gasteiger partial charge in [-0.3, -0.25) is 9.20 Å². The van der Waals surface area contributed by atoms with Gasteiger partial charge in [0, 0.05) is 23.3 Å². The van der Waals surface area contributed by atoms with Crippen molar-refractivity contribution in [2.45, 2.75) is 6.92 Å². The summed E-state index contributed by atoms with van der Waals surface area (Å²) in [6.45, 7) is 1.84. The van der Waals surface area contributed by atoms with Crippen LogP contribution in [0.5, 0.6) is 0 Å². The largest absolute Gasteiger partial charge is 0.465 e. The Kier molecular flexibility index (Phi) is 4.87. The number of ether oxygens (including phenoxy) is 1. The van der Waals surface area contributed by atoms with Crippen molar-refractivity contribution in [3.05, 3.63) is 57.8 Å². The Hall–Kier alpha value is -2.64. The lowest BCUT2D eigenvalue weighted by Crippen LogP contribution is -2.10. The van der Waals surface area contributed by atoms with Crippen LogP contribution in [0.4, 0.5) is 5.69 Å². The predicted octanol–water partition coefficient (Wildman–Crippen LogP) is 3.80. The van der Waals surface area contributed by atoms with Crippen molar-refractivity contribution in [1.29, 1.82) is 0 Å². The topological polar surface area (TPSA) is 72.7 Å². The summed E-state index contributed by atoms with van der Waals surface area (Å²) in [4.78, 5) is 28.8. The maximum atomic E-state index is 12.2. The summed E-state index contributed by atoms with van der Waals surface area (Å²) in [5, 5.41) is 4.97. The van der Waals surface area contributed by atoms with Crippen LogP contribution in [0, 0.1) is 6.92 Å². The number of carbonyl (C=O) groups excluding carboxylic acids is 2. The summed E-state index contributed by atoms with van der Waals surface area (Å²) in [6, 6.07) is 4.97. The number of esters is 1.